The van der Waals surface area contributed by atoms with Crippen molar-refractivity contribution in [2.24, 2.45) is 0 Å². The highest BCUT2D eigenvalue weighted by molar-refractivity contribution is 6.34. The van der Waals surface area contributed by atoms with Gasteiger partial charge in [-0.25, -0.2) is 19.3 Å². The van der Waals surface area contributed by atoms with E-state index in [2.05, 4.69) is 15.0 Å². The number of pyridine rings is 1. The summed E-state index contributed by atoms with van der Waals surface area (Å²) in [6.07, 6.45) is 5.61. The number of aromatic nitrogens is 3. The van der Waals surface area contributed by atoms with Crippen LogP contribution >= 0.6 is 23.2 Å². The Morgan fingerprint density at radius 3 is 2.25 bits per heavy atom. The van der Waals surface area contributed by atoms with Gasteiger partial charge in [-0.05, 0) is 30.9 Å². The van der Waals surface area contributed by atoms with Crippen molar-refractivity contribution in [1.29, 1.82) is 0 Å². The minimum Gasteiger partial charge on any atom is -0.250 e. The van der Waals surface area contributed by atoms with Crippen LogP contribution in [0.3, 0.4) is 0 Å². The van der Waals surface area contributed by atoms with Crippen molar-refractivity contribution in [3.8, 4) is 11.5 Å². The van der Waals surface area contributed by atoms with Crippen LogP contribution < -0.4 is 0 Å². The van der Waals surface area contributed by atoms with E-state index in [9.17, 15) is 4.39 Å². The molecule has 2 aromatic rings. The van der Waals surface area contributed by atoms with Gasteiger partial charge in [-0.1, -0.05) is 36.0 Å². The third-order valence-corrected chi connectivity index (χ3v) is 4.15. The van der Waals surface area contributed by atoms with E-state index in [-0.39, 0.29) is 0 Å². The van der Waals surface area contributed by atoms with E-state index >= 15 is 0 Å². The fourth-order valence-corrected chi connectivity index (χ4v) is 3.29. The van der Waals surface area contributed by atoms with Gasteiger partial charge in [0.15, 0.2) is 5.82 Å². The SMILES string of the molecule is Fc1ccc(-c2nc(Cl)c(C3CCCC3)c(Cl)n2)nc1. The Morgan fingerprint density at radius 1 is 1.05 bits per heavy atom. The molecule has 104 valence electrons. The zero-order valence-electron chi connectivity index (χ0n) is 10.6. The molecule has 0 N–H and O–H groups in total. The molecule has 0 bridgehead atoms. The Bertz CT molecular complexity index is 602. The van der Waals surface area contributed by atoms with Crippen LogP contribution in [0.25, 0.3) is 11.5 Å². The molecule has 1 aliphatic carbocycles. The maximum absolute atomic E-state index is 12.9. The monoisotopic (exact) mass is 311 g/mol. The molecule has 0 aliphatic heterocycles. The smallest absolute Gasteiger partial charge is 0.181 e. The summed E-state index contributed by atoms with van der Waals surface area (Å²) < 4.78 is 12.9. The van der Waals surface area contributed by atoms with Gasteiger partial charge in [0.1, 0.15) is 21.8 Å². The van der Waals surface area contributed by atoms with Gasteiger partial charge in [0.2, 0.25) is 0 Å². The number of hydrogen-bond acceptors (Lipinski definition) is 3. The highest BCUT2D eigenvalue weighted by Gasteiger charge is 2.24. The Kier molecular flexibility index (Phi) is 3.85. The molecule has 1 saturated carbocycles. The molecule has 3 nitrogen and oxygen atoms in total. The Hall–Kier alpha value is -1.26. The molecule has 2 heterocycles. The minimum atomic E-state index is -0.409. The first-order valence-electron chi connectivity index (χ1n) is 6.50. The predicted octanol–water partition coefficient (Wildman–Crippen LogP) is 4.64. The molecule has 2 aromatic heterocycles. The molecule has 0 unspecified atom stereocenters. The van der Waals surface area contributed by atoms with Gasteiger partial charge in [0.05, 0.1) is 6.20 Å². The topological polar surface area (TPSA) is 38.7 Å². The lowest BCUT2D eigenvalue weighted by atomic mass is 10.0. The van der Waals surface area contributed by atoms with Crippen LogP contribution in [0.1, 0.15) is 37.2 Å². The number of nitrogens with zero attached hydrogens (tertiary/aromatic N) is 3. The lowest BCUT2D eigenvalue weighted by Gasteiger charge is -2.13. The summed E-state index contributed by atoms with van der Waals surface area (Å²) in [5, 5.41) is 0.746. The second kappa shape index (κ2) is 5.62. The van der Waals surface area contributed by atoms with Crippen LogP contribution in [0.2, 0.25) is 10.3 Å². The van der Waals surface area contributed by atoms with Crippen molar-refractivity contribution in [2.75, 3.05) is 0 Å². The van der Waals surface area contributed by atoms with E-state index in [0.717, 1.165) is 24.6 Å². The second-order valence-electron chi connectivity index (χ2n) is 4.89. The molecular weight excluding hydrogens is 300 g/mol. The van der Waals surface area contributed by atoms with E-state index in [4.69, 9.17) is 23.2 Å². The first-order chi connectivity index (χ1) is 9.65. The predicted molar refractivity (Wildman–Crippen MR) is 76.5 cm³/mol. The minimum absolute atomic E-state index is 0.321. The Balaban J connectivity index is 2.00. The normalized spacial score (nSPS) is 15.8. The fraction of sp³-hybridized carbons (Fsp3) is 0.357. The van der Waals surface area contributed by atoms with Gasteiger partial charge in [-0.3, -0.25) is 0 Å². The van der Waals surface area contributed by atoms with Crippen molar-refractivity contribution in [1.82, 2.24) is 15.0 Å². The number of hydrogen-bond donors (Lipinski definition) is 0. The average molecular weight is 312 g/mol. The van der Waals surface area contributed by atoms with Crippen molar-refractivity contribution in [3.05, 3.63) is 40.0 Å². The molecular formula is C14H12Cl2FN3. The maximum atomic E-state index is 12.9. The molecule has 0 radical (unpaired) electrons. The number of rotatable bonds is 2. The van der Waals surface area contributed by atoms with Crippen LogP contribution in [0.4, 0.5) is 4.39 Å². The van der Waals surface area contributed by atoms with Crippen LogP contribution in [0.15, 0.2) is 18.3 Å². The number of halogens is 3. The lowest BCUT2D eigenvalue weighted by molar-refractivity contribution is 0.621. The third kappa shape index (κ3) is 2.63. The van der Waals surface area contributed by atoms with E-state index in [1.165, 1.54) is 25.0 Å². The second-order valence-corrected chi connectivity index (χ2v) is 5.60. The summed E-state index contributed by atoms with van der Waals surface area (Å²) in [7, 11) is 0. The molecule has 20 heavy (non-hydrogen) atoms. The molecule has 0 saturated heterocycles. The Labute approximate surface area is 126 Å². The molecule has 0 amide bonds. The summed E-state index contributed by atoms with van der Waals surface area (Å²) in [6.45, 7) is 0. The first-order valence-corrected chi connectivity index (χ1v) is 7.25. The lowest BCUT2D eigenvalue weighted by Crippen LogP contribution is -2.02. The van der Waals surface area contributed by atoms with Crippen LogP contribution in [-0.2, 0) is 0 Å². The maximum Gasteiger partial charge on any atom is 0.181 e. The fourth-order valence-electron chi connectivity index (χ4n) is 2.59. The average Bonchev–Trinajstić information content (AvgIpc) is 2.92. The summed E-state index contributed by atoms with van der Waals surface area (Å²) in [5.74, 6) is 0.250. The van der Waals surface area contributed by atoms with Crippen LogP contribution in [0.5, 0.6) is 0 Å². The van der Waals surface area contributed by atoms with E-state index in [1.807, 2.05) is 0 Å². The van der Waals surface area contributed by atoms with Gasteiger partial charge in [0.25, 0.3) is 0 Å². The summed E-state index contributed by atoms with van der Waals surface area (Å²) in [4.78, 5) is 12.5. The van der Waals surface area contributed by atoms with Crippen molar-refractivity contribution in [2.45, 2.75) is 31.6 Å². The molecule has 1 fully saturated rings. The highest BCUT2D eigenvalue weighted by Crippen LogP contribution is 2.40. The zero-order valence-corrected chi connectivity index (χ0v) is 12.1. The highest BCUT2D eigenvalue weighted by atomic mass is 35.5. The molecule has 6 heteroatoms. The largest absolute Gasteiger partial charge is 0.250 e. The first kappa shape index (κ1) is 13.7. The molecule has 3 rings (SSSR count). The Morgan fingerprint density at radius 2 is 1.70 bits per heavy atom. The third-order valence-electron chi connectivity index (χ3n) is 3.57. The zero-order chi connectivity index (χ0) is 14.1. The van der Waals surface area contributed by atoms with Crippen molar-refractivity contribution >= 4 is 23.2 Å². The molecule has 1 aliphatic rings. The van der Waals surface area contributed by atoms with Gasteiger partial charge in [0, 0.05) is 5.56 Å². The quantitative estimate of drug-likeness (QED) is 0.758. The van der Waals surface area contributed by atoms with E-state index in [1.54, 1.807) is 0 Å². The van der Waals surface area contributed by atoms with Gasteiger partial charge < -0.3 is 0 Å². The molecule has 0 aromatic carbocycles. The van der Waals surface area contributed by atoms with E-state index in [0.29, 0.717) is 27.7 Å². The van der Waals surface area contributed by atoms with E-state index < -0.39 is 5.82 Å². The van der Waals surface area contributed by atoms with Crippen LogP contribution in [0, 0.1) is 5.82 Å². The van der Waals surface area contributed by atoms with Gasteiger partial charge in [-0.2, -0.15) is 0 Å². The molecule has 0 spiro atoms. The summed E-state index contributed by atoms with van der Waals surface area (Å²) in [5.41, 5.74) is 1.28. The van der Waals surface area contributed by atoms with Crippen LogP contribution in [-0.4, -0.2) is 15.0 Å². The standard InChI is InChI=1S/C14H12Cl2FN3/c15-12-11(8-3-1-2-4-8)13(16)20-14(19-12)10-6-5-9(17)7-18-10/h5-8H,1-4H2. The van der Waals surface area contributed by atoms with Gasteiger partial charge >= 0.3 is 0 Å². The summed E-state index contributed by atoms with van der Waals surface area (Å²) >= 11 is 12.5. The van der Waals surface area contributed by atoms with Gasteiger partial charge in [-0.15, -0.1) is 0 Å². The summed E-state index contributed by atoms with van der Waals surface area (Å²) in [6, 6.07) is 2.81. The van der Waals surface area contributed by atoms with Crippen molar-refractivity contribution in [3.63, 3.8) is 0 Å². The van der Waals surface area contributed by atoms with Crippen molar-refractivity contribution < 1.29 is 4.39 Å². The molecule has 0 atom stereocenters.